The molecule has 10 nitrogen and oxygen atoms in total. The summed E-state index contributed by atoms with van der Waals surface area (Å²) >= 11 is 0. The molecule has 0 radical (unpaired) electrons. The number of nitrogens with one attached hydrogen (secondary N) is 1. The van der Waals surface area contributed by atoms with Crippen molar-refractivity contribution < 1.29 is 27.9 Å². The smallest absolute Gasteiger partial charge is 0.298 e. The Bertz CT molecular complexity index is 1820. The standard InChI is InChI=1S/C32H26F2N6O4/c1-19(41)38-17-26-27(18-38)40-29(25(16-36-40)37-30(42)20-8-13-28(44-2)21(14-20)15-35)31(43)39(26)24-11-9-23(10-12-24)32(33,34)22-6-4-3-5-7-22/h3-14,16,26-27H,17-18H2,1-2H3,(H,37,42)/t26-,27-/m0/s1. The number of nitriles is 1. The van der Waals surface area contributed by atoms with E-state index in [9.17, 15) is 19.6 Å². The number of fused-ring (bicyclic) bond motifs is 3. The predicted molar refractivity (Wildman–Crippen MR) is 156 cm³/mol. The van der Waals surface area contributed by atoms with Crippen LogP contribution in [0, 0.1) is 11.3 Å². The molecule has 3 amide bonds. The molecular formula is C32H26F2N6O4. The molecule has 1 saturated heterocycles. The number of benzene rings is 3. The monoisotopic (exact) mass is 596 g/mol. The number of carbonyl (C=O) groups excluding carboxylic acids is 3. The third kappa shape index (κ3) is 4.72. The average molecular weight is 597 g/mol. The maximum atomic E-state index is 15.3. The summed E-state index contributed by atoms with van der Waals surface area (Å²) in [6.07, 6.45) is 1.36. The molecule has 3 aromatic carbocycles. The molecule has 0 saturated carbocycles. The van der Waals surface area contributed by atoms with Gasteiger partial charge in [0.25, 0.3) is 17.7 Å². The molecule has 1 aromatic heterocycles. The van der Waals surface area contributed by atoms with Gasteiger partial charge < -0.3 is 15.0 Å². The van der Waals surface area contributed by atoms with Crippen LogP contribution in [0.2, 0.25) is 0 Å². The van der Waals surface area contributed by atoms with Crippen LogP contribution in [0.4, 0.5) is 20.2 Å². The molecule has 6 rings (SSSR count). The Hall–Kier alpha value is -5.57. The van der Waals surface area contributed by atoms with Crippen molar-refractivity contribution in [3.05, 3.63) is 107 Å². The number of methoxy groups -OCH3 is 1. The van der Waals surface area contributed by atoms with Crippen molar-refractivity contribution in [1.82, 2.24) is 14.7 Å². The van der Waals surface area contributed by atoms with E-state index in [1.54, 1.807) is 23.1 Å². The minimum absolute atomic E-state index is 0.0812. The second-order valence-corrected chi connectivity index (χ2v) is 10.6. The number of hydrogen-bond donors (Lipinski definition) is 1. The highest BCUT2D eigenvalue weighted by molar-refractivity contribution is 6.13. The number of carbonyl (C=O) groups is 3. The summed E-state index contributed by atoms with van der Waals surface area (Å²) in [6.45, 7) is 1.92. The summed E-state index contributed by atoms with van der Waals surface area (Å²) in [5.74, 6) is -4.21. The minimum Gasteiger partial charge on any atom is -0.495 e. The Labute approximate surface area is 251 Å². The van der Waals surface area contributed by atoms with Crippen molar-refractivity contribution in [3.63, 3.8) is 0 Å². The zero-order chi connectivity index (χ0) is 31.2. The number of alkyl halides is 2. The van der Waals surface area contributed by atoms with Gasteiger partial charge in [-0.15, -0.1) is 0 Å². The zero-order valence-electron chi connectivity index (χ0n) is 23.7. The van der Waals surface area contributed by atoms with Crippen molar-refractivity contribution in [2.75, 3.05) is 30.4 Å². The van der Waals surface area contributed by atoms with E-state index in [1.807, 2.05) is 6.07 Å². The molecule has 222 valence electrons. The van der Waals surface area contributed by atoms with Crippen molar-refractivity contribution in [2.24, 2.45) is 0 Å². The van der Waals surface area contributed by atoms with Crippen LogP contribution in [0.5, 0.6) is 5.75 Å². The number of nitrogens with zero attached hydrogens (tertiary/aromatic N) is 5. The molecule has 0 unspecified atom stereocenters. The minimum atomic E-state index is -3.25. The lowest BCUT2D eigenvalue weighted by Gasteiger charge is -2.37. The number of anilines is 2. The van der Waals surface area contributed by atoms with E-state index in [1.165, 1.54) is 84.4 Å². The van der Waals surface area contributed by atoms with Crippen LogP contribution in [-0.2, 0) is 10.7 Å². The lowest BCUT2D eigenvalue weighted by Crippen LogP contribution is -2.51. The van der Waals surface area contributed by atoms with Gasteiger partial charge in [-0.25, -0.2) is 0 Å². The third-order valence-corrected chi connectivity index (χ3v) is 8.04. The summed E-state index contributed by atoms with van der Waals surface area (Å²) in [6, 6.07) is 18.3. The second kappa shape index (κ2) is 10.9. The topological polar surface area (TPSA) is 121 Å². The summed E-state index contributed by atoms with van der Waals surface area (Å²) in [5, 5.41) is 16.5. The van der Waals surface area contributed by atoms with Gasteiger partial charge in [-0.3, -0.25) is 24.0 Å². The molecular weight excluding hydrogens is 570 g/mol. The van der Waals surface area contributed by atoms with Crippen LogP contribution in [0.15, 0.2) is 79.0 Å². The SMILES string of the molecule is COc1ccc(C(=O)Nc2cnn3c2C(=O)N(c2ccc(C(F)(F)c4ccccc4)cc2)[C@H]2CN(C(C)=O)C[C@@H]23)cc1C#N. The van der Waals surface area contributed by atoms with E-state index >= 15 is 8.78 Å². The molecule has 2 aliphatic rings. The summed E-state index contributed by atoms with van der Waals surface area (Å²) in [4.78, 5) is 42.7. The van der Waals surface area contributed by atoms with Gasteiger partial charge in [-0.05, 0) is 30.3 Å². The zero-order valence-corrected chi connectivity index (χ0v) is 23.7. The Morgan fingerprint density at radius 1 is 1.02 bits per heavy atom. The van der Waals surface area contributed by atoms with Gasteiger partial charge in [0, 0.05) is 42.4 Å². The normalized spacial score (nSPS) is 17.5. The van der Waals surface area contributed by atoms with E-state index in [0.717, 1.165) is 0 Å². The fraction of sp³-hybridized carbons (Fsp3) is 0.219. The maximum Gasteiger partial charge on any atom is 0.298 e. The number of halogens is 2. The van der Waals surface area contributed by atoms with Gasteiger partial charge in [0.1, 0.15) is 11.8 Å². The summed E-state index contributed by atoms with van der Waals surface area (Å²) in [5.41, 5.74) is 0.514. The fourth-order valence-corrected chi connectivity index (χ4v) is 5.79. The molecule has 0 spiro atoms. The molecule has 44 heavy (non-hydrogen) atoms. The maximum absolute atomic E-state index is 15.3. The molecule has 12 heteroatoms. The van der Waals surface area contributed by atoms with Gasteiger partial charge in [0.2, 0.25) is 5.91 Å². The van der Waals surface area contributed by atoms with Crippen molar-refractivity contribution in [1.29, 1.82) is 5.26 Å². The van der Waals surface area contributed by atoms with Gasteiger partial charge in [-0.2, -0.15) is 19.1 Å². The van der Waals surface area contributed by atoms with Gasteiger partial charge in [0.15, 0.2) is 5.69 Å². The van der Waals surface area contributed by atoms with Crippen LogP contribution >= 0.6 is 0 Å². The van der Waals surface area contributed by atoms with E-state index < -0.39 is 29.8 Å². The average Bonchev–Trinajstić information content (AvgIpc) is 3.67. The molecule has 0 aliphatic carbocycles. The van der Waals surface area contributed by atoms with Gasteiger partial charge in [-0.1, -0.05) is 42.5 Å². The highest BCUT2D eigenvalue weighted by Gasteiger charge is 2.48. The van der Waals surface area contributed by atoms with Gasteiger partial charge >= 0.3 is 0 Å². The predicted octanol–water partition coefficient (Wildman–Crippen LogP) is 4.59. The van der Waals surface area contributed by atoms with Crippen molar-refractivity contribution in [2.45, 2.75) is 24.9 Å². The molecule has 1 N–H and O–H groups in total. The first-order valence-corrected chi connectivity index (χ1v) is 13.7. The first-order valence-electron chi connectivity index (χ1n) is 13.7. The highest BCUT2D eigenvalue weighted by Crippen LogP contribution is 2.40. The van der Waals surface area contributed by atoms with E-state index in [-0.39, 0.29) is 52.6 Å². The van der Waals surface area contributed by atoms with Crippen LogP contribution in [0.1, 0.15) is 50.5 Å². The number of rotatable bonds is 6. The summed E-state index contributed by atoms with van der Waals surface area (Å²) < 4.78 is 37.2. The number of amides is 3. The first kappa shape index (κ1) is 28.5. The Morgan fingerprint density at radius 2 is 1.70 bits per heavy atom. The van der Waals surface area contributed by atoms with Gasteiger partial charge in [0.05, 0.1) is 36.6 Å². The van der Waals surface area contributed by atoms with E-state index in [4.69, 9.17) is 4.74 Å². The van der Waals surface area contributed by atoms with E-state index in [2.05, 4.69) is 10.4 Å². The van der Waals surface area contributed by atoms with Crippen molar-refractivity contribution in [3.8, 4) is 11.8 Å². The highest BCUT2D eigenvalue weighted by atomic mass is 19.3. The molecule has 3 heterocycles. The number of hydrogen-bond acceptors (Lipinski definition) is 6. The van der Waals surface area contributed by atoms with Crippen molar-refractivity contribution >= 4 is 29.1 Å². The van der Waals surface area contributed by atoms with Crippen LogP contribution in [-0.4, -0.2) is 58.6 Å². The lowest BCUT2D eigenvalue weighted by atomic mass is 9.99. The Morgan fingerprint density at radius 3 is 2.36 bits per heavy atom. The van der Waals surface area contributed by atoms with E-state index in [0.29, 0.717) is 11.4 Å². The van der Waals surface area contributed by atoms with Crippen LogP contribution < -0.4 is 15.0 Å². The first-order chi connectivity index (χ1) is 21.1. The molecule has 1 fully saturated rings. The Balaban J connectivity index is 1.35. The van der Waals surface area contributed by atoms with Crippen LogP contribution in [0.3, 0.4) is 0 Å². The largest absolute Gasteiger partial charge is 0.495 e. The molecule has 2 aliphatic heterocycles. The Kier molecular flexibility index (Phi) is 7.09. The number of ether oxygens (including phenoxy) is 1. The lowest BCUT2D eigenvalue weighted by molar-refractivity contribution is -0.127. The fourth-order valence-electron chi connectivity index (χ4n) is 5.79. The molecule has 0 bridgehead atoms. The third-order valence-electron chi connectivity index (χ3n) is 8.04. The number of likely N-dealkylation sites (tertiary alicyclic amines) is 1. The second-order valence-electron chi connectivity index (χ2n) is 10.6. The molecule has 2 atom stereocenters. The quantitative estimate of drug-likeness (QED) is 0.348. The summed E-state index contributed by atoms with van der Waals surface area (Å²) in [7, 11) is 1.41. The molecule has 4 aromatic rings. The van der Waals surface area contributed by atoms with Crippen LogP contribution in [0.25, 0.3) is 0 Å². The number of aromatic nitrogens is 2.